The van der Waals surface area contributed by atoms with E-state index in [-0.39, 0.29) is 6.42 Å². The zero-order chi connectivity index (χ0) is 8.43. The van der Waals surface area contributed by atoms with E-state index >= 15 is 0 Å². The molecule has 1 N–H and O–H groups in total. The quantitative estimate of drug-likeness (QED) is 0.854. The van der Waals surface area contributed by atoms with Crippen LogP contribution in [-0.2, 0) is 11.2 Å². The van der Waals surface area contributed by atoms with Gasteiger partial charge in [-0.2, -0.15) is 0 Å². The van der Waals surface area contributed by atoms with Crippen LogP contribution in [0.1, 0.15) is 10.4 Å². The predicted molar refractivity (Wildman–Crippen MR) is 48.1 cm³/mol. The number of halogens is 1. The Kier molecular flexibility index (Phi) is 2.67. The van der Waals surface area contributed by atoms with Gasteiger partial charge in [0.15, 0.2) is 0 Å². The largest absolute Gasteiger partial charge is 0.481 e. The zero-order valence-electron chi connectivity index (χ0n) is 5.93. The summed E-state index contributed by atoms with van der Waals surface area (Å²) in [5.74, 6) is -0.776. The summed E-state index contributed by atoms with van der Waals surface area (Å²) >= 11 is 4.78. The van der Waals surface area contributed by atoms with E-state index in [0.29, 0.717) is 0 Å². The summed E-state index contributed by atoms with van der Waals surface area (Å²) in [4.78, 5) is 11.2. The first kappa shape index (κ1) is 8.74. The fourth-order valence-corrected chi connectivity index (χ4v) is 2.61. The van der Waals surface area contributed by atoms with Crippen molar-refractivity contribution in [3.8, 4) is 0 Å². The number of hydrogen-bond acceptors (Lipinski definition) is 2. The van der Waals surface area contributed by atoms with E-state index in [1.807, 2.05) is 13.0 Å². The van der Waals surface area contributed by atoms with Gasteiger partial charge in [0.2, 0.25) is 0 Å². The van der Waals surface area contributed by atoms with Crippen LogP contribution in [0.15, 0.2) is 9.85 Å². The summed E-state index contributed by atoms with van der Waals surface area (Å²) < 4.78 is 0.992. The molecule has 0 aliphatic rings. The van der Waals surface area contributed by atoms with Crippen LogP contribution in [0.4, 0.5) is 0 Å². The lowest BCUT2D eigenvalue weighted by atomic mass is 10.2. The van der Waals surface area contributed by atoms with Crippen LogP contribution in [-0.4, -0.2) is 11.1 Å². The second-order valence-electron chi connectivity index (χ2n) is 2.23. The Morgan fingerprint density at radius 2 is 2.45 bits per heavy atom. The number of aliphatic carboxylic acids is 1. The van der Waals surface area contributed by atoms with Gasteiger partial charge in [-0.15, -0.1) is 11.3 Å². The number of rotatable bonds is 2. The predicted octanol–water partition coefficient (Wildman–Crippen LogP) is 2.45. The Labute approximate surface area is 77.0 Å². The van der Waals surface area contributed by atoms with Crippen molar-refractivity contribution >= 4 is 33.2 Å². The average molecular weight is 235 g/mol. The number of thiophene rings is 1. The SMILES string of the molecule is Cc1cc(Br)sc1CC(=O)O. The maximum Gasteiger partial charge on any atom is 0.308 e. The number of carboxylic acids is 1. The molecule has 2 nitrogen and oxygen atoms in total. The Bertz CT molecular complexity index is 280. The lowest BCUT2D eigenvalue weighted by Crippen LogP contribution is -1.98. The fraction of sp³-hybridized carbons (Fsp3) is 0.286. The number of aryl methyl sites for hydroxylation is 1. The van der Waals surface area contributed by atoms with E-state index < -0.39 is 5.97 Å². The highest BCUT2D eigenvalue weighted by atomic mass is 79.9. The van der Waals surface area contributed by atoms with Gasteiger partial charge in [-0.3, -0.25) is 4.79 Å². The molecule has 0 aliphatic heterocycles. The van der Waals surface area contributed by atoms with E-state index in [2.05, 4.69) is 15.9 Å². The van der Waals surface area contributed by atoms with Crippen LogP contribution in [0.5, 0.6) is 0 Å². The molecule has 0 amide bonds. The monoisotopic (exact) mass is 234 g/mol. The minimum atomic E-state index is -0.776. The third-order valence-corrected chi connectivity index (χ3v) is 3.04. The smallest absolute Gasteiger partial charge is 0.308 e. The first-order valence-electron chi connectivity index (χ1n) is 3.06. The van der Waals surface area contributed by atoms with Gasteiger partial charge in [0.1, 0.15) is 0 Å². The Balaban J connectivity index is 2.85. The van der Waals surface area contributed by atoms with Crippen molar-refractivity contribution in [1.82, 2.24) is 0 Å². The van der Waals surface area contributed by atoms with Crippen LogP contribution in [0.3, 0.4) is 0 Å². The van der Waals surface area contributed by atoms with Gasteiger partial charge in [-0.25, -0.2) is 0 Å². The van der Waals surface area contributed by atoms with Crippen LogP contribution < -0.4 is 0 Å². The Morgan fingerprint density at radius 3 is 2.82 bits per heavy atom. The first-order chi connectivity index (χ1) is 5.09. The van der Waals surface area contributed by atoms with Crippen molar-refractivity contribution < 1.29 is 9.90 Å². The average Bonchev–Trinajstić information content (AvgIpc) is 2.09. The molecule has 4 heteroatoms. The van der Waals surface area contributed by atoms with Gasteiger partial charge in [0, 0.05) is 4.88 Å². The van der Waals surface area contributed by atoms with E-state index in [9.17, 15) is 4.79 Å². The van der Waals surface area contributed by atoms with E-state index in [4.69, 9.17) is 5.11 Å². The molecule has 1 aromatic heterocycles. The maximum absolute atomic E-state index is 10.3. The molecule has 0 fully saturated rings. The summed E-state index contributed by atoms with van der Waals surface area (Å²) in [5, 5.41) is 8.49. The zero-order valence-corrected chi connectivity index (χ0v) is 8.33. The van der Waals surface area contributed by atoms with Crippen molar-refractivity contribution in [3.05, 3.63) is 20.3 Å². The van der Waals surface area contributed by atoms with E-state index in [1.165, 1.54) is 11.3 Å². The molecule has 11 heavy (non-hydrogen) atoms. The molecular weight excluding hydrogens is 228 g/mol. The van der Waals surface area contributed by atoms with Crippen molar-refractivity contribution in [2.24, 2.45) is 0 Å². The van der Waals surface area contributed by atoms with Crippen LogP contribution >= 0.6 is 27.3 Å². The second kappa shape index (κ2) is 3.36. The van der Waals surface area contributed by atoms with Gasteiger partial charge < -0.3 is 5.11 Å². The van der Waals surface area contributed by atoms with Crippen LogP contribution in [0, 0.1) is 6.92 Å². The van der Waals surface area contributed by atoms with Crippen molar-refractivity contribution in [2.75, 3.05) is 0 Å². The lowest BCUT2D eigenvalue weighted by molar-refractivity contribution is -0.136. The topological polar surface area (TPSA) is 37.3 Å². The molecular formula is C7H7BrO2S. The highest BCUT2D eigenvalue weighted by Crippen LogP contribution is 2.26. The Morgan fingerprint density at radius 1 is 1.82 bits per heavy atom. The third-order valence-electron chi connectivity index (χ3n) is 1.30. The van der Waals surface area contributed by atoms with Gasteiger partial charge in [-0.1, -0.05) is 0 Å². The summed E-state index contributed by atoms with van der Waals surface area (Å²) in [6.07, 6.45) is 0.127. The van der Waals surface area contributed by atoms with Gasteiger partial charge in [-0.05, 0) is 34.5 Å². The van der Waals surface area contributed by atoms with E-state index in [0.717, 1.165) is 14.2 Å². The normalized spacial score (nSPS) is 10.0. The van der Waals surface area contributed by atoms with Crippen LogP contribution in [0.25, 0.3) is 0 Å². The lowest BCUT2D eigenvalue weighted by Gasteiger charge is -1.91. The molecule has 0 saturated carbocycles. The standard InChI is InChI=1S/C7H7BrO2S/c1-4-2-6(8)11-5(4)3-7(9)10/h2H,3H2,1H3,(H,9,10). The van der Waals surface area contributed by atoms with Gasteiger partial charge in [0.05, 0.1) is 10.2 Å². The molecule has 0 radical (unpaired) electrons. The van der Waals surface area contributed by atoms with E-state index in [1.54, 1.807) is 0 Å². The first-order valence-corrected chi connectivity index (χ1v) is 4.67. The summed E-state index contributed by atoms with van der Waals surface area (Å²) in [6.45, 7) is 1.92. The minimum Gasteiger partial charge on any atom is -0.481 e. The molecule has 1 heterocycles. The van der Waals surface area contributed by atoms with Gasteiger partial charge in [0.25, 0.3) is 0 Å². The molecule has 0 bridgehead atoms. The highest BCUT2D eigenvalue weighted by molar-refractivity contribution is 9.11. The Hall–Kier alpha value is -0.350. The van der Waals surface area contributed by atoms with Crippen molar-refractivity contribution in [2.45, 2.75) is 13.3 Å². The molecule has 0 aliphatic carbocycles. The molecule has 60 valence electrons. The fourth-order valence-electron chi connectivity index (χ4n) is 0.791. The van der Waals surface area contributed by atoms with Crippen molar-refractivity contribution in [1.29, 1.82) is 0 Å². The number of carbonyl (C=O) groups is 1. The summed E-state index contributed by atoms with van der Waals surface area (Å²) in [5.41, 5.74) is 1.05. The highest BCUT2D eigenvalue weighted by Gasteiger charge is 2.06. The molecule has 0 spiro atoms. The third kappa shape index (κ3) is 2.31. The number of carboxylic acid groups (broad SMARTS) is 1. The number of hydrogen-bond donors (Lipinski definition) is 1. The minimum absolute atomic E-state index is 0.127. The van der Waals surface area contributed by atoms with Crippen molar-refractivity contribution in [3.63, 3.8) is 0 Å². The molecule has 0 aromatic carbocycles. The molecule has 0 unspecified atom stereocenters. The summed E-state index contributed by atoms with van der Waals surface area (Å²) in [7, 11) is 0. The molecule has 1 aromatic rings. The summed E-state index contributed by atoms with van der Waals surface area (Å²) in [6, 6.07) is 1.93. The molecule has 1 rings (SSSR count). The molecule has 0 saturated heterocycles. The molecule has 0 atom stereocenters. The van der Waals surface area contributed by atoms with Crippen LogP contribution in [0.2, 0.25) is 0 Å². The maximum atomic E-state index is 10.3. The second-order valence-corrected chi connectivity index (χ2v) is 4.74. The van der Waals surface area contributed by atoms with Gasteiger partial charge >= 0.3 is 5.97 Å².